The number of aromatic nitrogens is 2. The van der Waals surface area contributed by atoms with Crippen molar-refractivity contribution in [1.82, 2.24) is 14.7 Å². The number of carbonyl (C=O) groups is 2. The van der Waals surface area contributed by atoms with Crippen LogP contribution in [0.25, 0.3) is 0 Å². The molecule has 1 aliphatic rings. The summed E-state index contributed by atoms with van der Waals surface area (Å²) < 4.78 is 7.10. The van der Waals surface area contributed by atoms with Crippen molar-refractivity contribution in [3.05, 3.63) is 87.2 Å². The maximum atomic E-state index is 12.7. The molecule has 7 heteroatoms. The van der Waals surface area contributed by atoms with Crippen molar-refractivity contribution in [2.24, 2.45) is 0 Å². The molecular formula is C24H24ClN3O3. The minimum absolute atomic E-state index is 0.193. The van der Waals surface area contributed by atoms with Gasteiger partial charge in [-0.15, -0.1) is 0 Å². The van der Waals surface area contributed by atoms with Crippen molar-refractivity contribution < 1.29 is 14.3 Å². The van der Waals surface area contributed by atoms with E-state index in [4.69, 9.17) is 16.3 Å². The van der Waals surface area contributed by atoms with Crippen LogP contribution in [0, 0.1) is 13.8 Å². The fourth-order valence-corrected chi connectivity index (χ4v) is 4.13. The fourth-order valence-electron chi connectivity index (χ4n) is 3.93. The molecule has 0 fully saturated rings. The van der Waals surface area contributed by atoms with E-state index in [0.29, 0.717) is 41.6 Å². The van der Waals surface area contributed by atoms with Crippen LogP contribution >= 0.6 is 11.6 Å². The van der Waals surface area contributed by atoms with Crippen molar-refractivity contribution in [2.45, 2.75) is 33.4 Å². The molecule has 0 unspecified atom stereocenters. The predicted octanol–water partition coefficient (Wildman–Crippen LogP) is 3.94. The Balaban J connectivity index is 1.40. The normalized spacial score (nSPS) is 13.1. The zero-order valence-corrected chi connectivity index (χ0v) is 18.4. The zero-order chi connectivity index (χ0) is 22.0. The molecule has 0 saturated heterocycles. The maximum absolute atomic E-state index is 12.7. The van der Waals surface area contributed by atoms with Gasteiger partial charge in [-0.3, -0.25) is 9.48 Å². The van der Waals surface area contributed by atoms with Crippen molar-refractivity contribution >= 4 is 23.5 Å². The van der Waals surface area contributed by atoms with Crippen LogP contribution in [0.5, 0.6) is 0 Å². The lowest BCUT2D eigenvalue weighted by Crippen LogP contribution is -2.38. The van der Waals surface area contributed by atoms with Crippen molar-refractivity contribution in [1.29, 1.82) is 0 Å². The summed E-state index contributed by atoms with van der Waals surface area (Å²) in [6, 6.07) is 15.6. The van der Waals surface area contributed by atoms with Crippen LogP contribution in [-0.2, 0) is 29.0 Å². The molecule has 1 aliphatic heterocycles. The van der Waals surface area contributed by atoms with Gasteiger partial charge in [0.2, 0.25) is 0 Å². The molecule has 0 aliphatic carbocycles. The average molecular weight is 438 g/mol. The molecule has 0 radical (unpaired) electrons. The van der Waals surface area contributed by atoms with Gasteiger partial charge in [0.15, 0.2) is 6.61 Å². The van der Waals surface area contributed by atoms with Crippen LogP contribution in [0.4, 0.5) is 0 Å². The van der Waals surface area contributed by atoms with Crippen molar-refractivity contribution in [3.8, 4) is 0 Å². The van der Waals surface area contributed by atoms with Gasteiger partial charge in [0.1, 0.15) is 5.56 Å². The second kappa shape index (κ2) is 8.94. The van der Waals surface area contributed by atoms with Gasteiger partial charge in [0.05, 0.1) is 17.9 Å². The first kappa shape index (κ1) is 21.1. The third-order valence-corrected chi connectivity index (χ3v) is 6.04. The Labute approximate surface area is 186 Å². The second-order valence-electron chi connectivity index (χ2n) is 7.71. The third-order valence-electron chi connectivity index (χ3n) is 5.67. The average Bonchev–Trinajstić information content (AvgIpc) is 3.06. The number of carbonyl (C=O) groups excluding carboxylic acids is 2. The van der Waals surface area contributed by atoms with E-state index < -0.39 is 5.97 Å². The van der Waals surface area contributed by atoms with E-state index in [1.807, 2.05) is 49.4 Å². The molecule has 2 aromatic carbocycles. The van der Waals surface area contributed by atoms with E-state index in [-0.39, 0.29) is 12.5 Å². The van der Waals surface area contributed by atoms with Gasteiger partial charge in [0.25, 0.3) is 5.91 Å². The first-order chi connectivity index (χ1) is 14.9. The Bertz CT molecular complexity index is 1140. The number of hydrogen-bond acceptors (Lipinski definition) is 4. The molecule has 1 amide bonds. The van der Waals surface area contributed by atoms with Crippen LogP contribution in [0.15, 0.2) is 48.5 Å². The quantitative estimate of drug-likeness (QED) is 0.567. The molecule has 0 spiro atoms. The minimum Gasteiger partial charge on any atom is -0.452 e. The van der Waals surface area contributed by atoms with E-state index >= 15 is 0 Å². The Morgan fingerprint density at radius 3 is 2.55 bits per heavy atom. The number of amides is 1. The number of rotatable bonds is 5. The van der Waals surface area contributed by atoms with E-state index in [9.17, 15) is 9.59 Å². The van der Waals surface area contributed by atoms with E-state index in [2.05, 4.69) is 11.2 Å². The maximum Gasteiger partial charge on any atom is 0.342 e. The zero-order valence-electron chi connectivity index (χ0n) is 17.6. The summed E-state index contributed by atoms with van der Waals surface area (Å²) in [5.74, 6) is -0.729. The first-order valence-corrected chi connectivity index (χ1v) is 10.6. The molecular weight excluding hydrogens is 414 g/mol. The van der Waals surface area contributed by atoms with Crippen molar-refractivity contribution in [2.75, 3.05) is 13.2 Å². The van der Waals surface area contributed by atoms with Gasteiger partial charge in [-0.25, -0.2) is 4.79 Å². The van der Waals surface area contributed by atoms with Crippen molar-refractivity contribution in [3.63, 3.8) is 0 Å². The molecule has 0 atom stereocenters. The lowest BCUT2D eigenvalue weighted by atomic mass is 10.00. The monoisotopic (exact) mass is 437 g/mol. The van der Waals surface area contributed by atoms with Crippen LogP contribution in [0.3, 0.4) is 0 Å². The van der Waals surface area contributed by atoms with E-state index in [1.165, 1.54) is 5.56 Å². The van der Waals surface area contributed by atoms with E-state index in [1.54, 1.807) is 16.5 Å². The van der Waals surface area contributed by atoms with Gasteiger partial charge in [-0.1, -0.05) is 54.1 Å². The summed E-state index contributed by atoms with van der Waals surface area (Å²) in [7, 11) is 0. The molecule has 2 heterocycles. The highest BCUT2D eigenvalue weighted by Crippen LogP contribution is 2.21. The number of aryl methyl sites for hydroxylation is 1. The minimum atomic E-state index is -0.536. The topological polar surface area (TPSA) is 64.4 Å². The second-order valence-corrected chi connectivity index (χ2v) is 8.11. The number of fused-ring (bicyclic) bond motifs is 1. The molecule has 0 bridgehead atoms. The number of benzene rings is 2. The van der Waals surface area contributed by atoms with Gasteiger partial charge < -0.3 is 9.64 Å². The summed E-state index contributed by atoms with van der Waals surface area (Å²) in [6.07, 6.45) is 0.808. The molecule has 3 aromatic rings. The summed E-state index contributed by atoms with van der Waals surface area (Å²) in [5.41, 5.74) is 4.96. The molecule has 6 nitrogen and oxygen atoms in total. The number of esters is 1. The highest BCUT2D eigenvalue weighted by Gasteiger charge is 2.24. The van der Waals surface area contributed by atoms with Gasteiger partial charge in [0, 0.05) is 18.1 Å². The Kier molecular flexibility index (Phi) is 6.09. The highest BCUT2D eigenvalue weighted by atomic mass is 35.5. The van der Waals surface area contributed by atoms with Crippen LogP contribution in [0.1, 0.15) is 38.4 Å². The lowest BCUT2D eigenvalue weighted by Gasteiger charge is -2.28. The number of ether oxygens (including phenoxy) is 1. The number of halogens is 1. The predicted molar refractivity (Wildman–Crippen MR) is 118 cm³/mol. The van der Waals surface area contributed by atoms with Crippen LogP contribution in [0.2, 0.25) is 5.02 Å². The molecule has 1 aromatic heterocycles. The molecule has 0 saturated carbocycles. The first-order valence-electron chi connectivity index (χ1n) is 10.2. The SMILES string of the molecule is Cc1nn(Cc2ccccc2Cl)c(C)c1C(=O)OCC(=O)N1CCc2ccccc2C1. The Morgan fingerprint density at radius 2 is 1.77 bits per heavy atom. The van der Waals surface area contributed by atoms with Crippen LogP contribution < -0.4 is 0 Å². The summed E-state index contributed by atoms with van der Waals surface area (Å²) >= 11 is 6.25. The molecule has 31 heavy (non-hydrogen) atoms. The smallest absolute Gasteiger partial charge is 0.342 e. The largest absolute Gasteiger partial charge is 0.452 e. The van der Waals surface area contributed by atoms with E-state index in [0.717, 1.165) is 17.5 Å². The van der Waals surface area contributed by atoms with Gasteiger partial charge in [-0.2, -0.15) is 5.10 Å². The molecule has 160 valence electrons. The van der Waals surface area contributed by atoms with Crippen LogP contribution in [-0.4, -0.2) is 39.7 Å². The fraction of sp³-hybridized carbons (Fsp3) is 0.292. The molecule has 4 rings (SSSR count). The number of hydrogen-bond donors (Lipinski definition) is 0. The Morgan fingerprint density at radius 1 is 1.06 bits per heavy atom. The molecule has 0 N–H and O–H groups in total. The highest BCUT2D eigenvalue weighted by molar-refractivity contribution is 6.31. The summed E-state index contributed by atoms with van der Waals surface area (Å²) in [6.45, 7) is 4.91. The summed E-state index contributed by atoms with van der Waals surface area (Å²) in [4.78, 5) is 27.1. The lowest BCUT2D eigenvalue weighted by molar-refractivity contribution is -0.135. The van der Waals surface area contributed by atoms with Gasteiger partial charge >= 0.3 is 5.97 Å². The Hall–Kier alpha value is -3.12. The third kappa shape index (κ3) is 4.49. The summed E-state index contributed by atoms with van der Waals surface area (Å²) in [5, 5.41) is 5.12. The number of nitrogens with zero attached hydrogens (tertiary/aromatic N) is 3. The standard InChI is InChI=1S/C24H24ClN3O3/c1-16-23(17(2)28(26-16)14-20-9-5-6-10-21(20)25)24(30)31-15-22(29)27-12-11-18-7-3-4-8-19(18)13-27/h3-10H,11-15H2,1-2H3. The van der Waals surface area contributed by atoms with Gasteiger partial charge in [-0.05, 0) is 43.0 Å².